The molecular formula is C19H17ClF4N6O2. The zero-order valence-electron chi connectivity index (χ0n) is 16.5. The Bertz CT molecular complexity index is 1060. The SMILES string of the molecule is C[C@]1(C2=NO[C@H](CNc3ncc(C(F)(F)F)cc3Cl)C2)NC(=O)N(c2ccc(F)cc2)N1. The van der Waals surface area contributed by atoms with Crippen LogP contribution >= 0.6 is 11.6 Å². The number of carbonyl (C=O) groups excluding carboxylic acids is 1. The number of urea groups is 1. The number of benzene rings is 1. The summed E-state index contributed by atoms with van der Waals surface area (Å²) in [5, 5.41) is 10.7. The summed E-state index contributed by atoms with van der Waals surface area (Å²) in [5.74, 6) is -0.347. The van der Waals surface area contributed by atoms with Crippen molar-refractivity contribution in [1.29, 1.82) is 0 Å². The van der Waals surface area contributed by atoms with E-state index in [1.807, 2.05) is 0 Å². The summed E-state index contributed by atoms with van der Waals surface area (Å²) >= 11 is 5.89. The second kappa shape index (κ2) is 8.10. The Morgan fingerprint density at radius 1 is 1.34 bits per heavy atom. The monoisotopic (exact) mass is 472 g/mol. The maximum Gasteiger partial charge on any atom is 0.417 e. The fraction of sp³-hybridized carbons (Fsp3) is 0.316. The number of carbonyl (C=O) groups is 1. The van der Waals surface area contributed by atoms with Crippen LogP contribution in [0, 0.1) is 5.82 Å². The first-order valence-corrected chi connectivity index (χ1v) is 9.78. The quantitative estimate of drug-likeness (QED) is 0.574. The molecule has 1 saturated heterocycles. The Labute approximate surface area is 184 Å². The van der Waals surface area contributed by atoms with E-state index in [-0.39, 0.29) is 17.4 Å². The van der Waals surface area contributed by atoms with E-state index in [9.17, 15) is 22.4 Å². The third-order valence-electron chi connectivity index (χ3n) is 4.96. The van der Waals surface area contributed by atoms with Gasteiger partial charge in [-0.1, -0.05) is 16.8 Å². The van der Waals surface area contributed by atoms with Crippen molar-refractivity contribution in [3.05, 3.63) is 52.9 Å². The number of halogens is 5. The number of rotatable bonds is 5. The standard InChI is InChI=1S/C19H17ClF4N6O2/c1-18(27-17(31)30(29-18)12-4-2-11(21)3-5-12)15-7-13(32-28-15)9-26-16-14(20)6-10(8-25-16)19(22,23)24/h2-6,8,13,29H,7,9H2,1H3,(H,25,26)(H,27,31)/t13-,18-/m0/s1. The van der Waals surface area contributed by atoms with E-state index in [1.54, 1.807) is 6.92 Å². The van der Waals surface area contributed by atoms with E-state index in [2.05, 4.69) is 26.2 Å². The number of pyridine rings is 1. The number of nitrogens with one attached hydrogen (secondary N) is 3. The van der Waals surface area contributed by atoms with Crippen LogP contribution in [0.5, 0.6) is 0 Å². The summed E-state index contributed by atoms with van der Waals surface area (Å²) in [6.45, 7) is 1.86. The molecule has 2 aromatic rings. The minimum absolute atomic E-state index is 0.0812. The molecule has 0 spiro atoms. The number of hydrogen-bond acceptors (Lipinski definition) is 6. The molecule has 4 rings (SSSR count). The Morgan fingerprint density at radius 3 is 2.72 bits per heavy atom. The summed E-state index contributed by atoms with van der Waals surface area (Å²) < 4.78 is 51.3. The predicted octanol–water partition coefficient (Wildman–Crippen LogP) is 3.90. The highest BCUT2D eigenvalue weighted by molar-refractivity contribution is 6.33. The van der Waals surface area contributed by atoms with Crippen molar-refractivity contribution < 1.29 is 27.2 Å². The van der Waals surface area contributed by atoms with Crippen LogP contribution in [-0.2, 0) is 11.0 Å². The fourth-order valence-corrected chi connectivity index (χ4v) is 3.48. The Kier molecular flexibility index (Phi) is 5.59. The van der Waals surface area contributed by atoms with Crippen LogP contribution in [0.4, 0.5) is 33.9 Å². The molecule has 32 heavy (non-hydrogen) atoms. The number of hydrazine groups is 1. The van der Waals surface area contributed by atoms with Gasteiger partial charge in [-0.25, -0.2) is 19.2 Å². The van der Waals surface area contributed by atoms with Crippen molar-refractivity contribution in [1.82, 2.24) is 15.7 Å². The highest BCUT2D eigenvalue weighted by atomic mass is 35.5. The topological polar surface area (TPSA) is 90.9 Å². The molecule has 3 N–H and O–H groups in total. The first-order valence-electron chi connectivity index (χ1n) is 9.40. The summed E-state index contributed by atoms with van der Waals surface area (Å²) in [5.41, 5.74) is 1.93. The van der Waals surface area contributed by atoms with Gasteiger partial charge in [-0.3, -0.25) is 0 Å². The van der Waals surface area contributed by atoms with Crippen molar-refractivity contribution >= 4 is 34.8 Å². The number of amides is 2. The highest BCUT2D eigenvalue weighted by Crippen LogP contribution is 2.32. The third-order valence-corrected chi connectivity index (χ3v) is 5.24. The molecule has 1 aromatic carbocycles. The summed E-state index contributed by atoms with van der Waals surface area (Å²) in [7, 11) is 0. The first kappa shape index (κ1) is 22.1. The molecule has 13 heteroatoms. The molecule has 170 valence electrons. The summed E-state index contributed by atoms with van der Waals surface area (Å²) in [4.78, 5) is 21.5. The zero-order valence-corrected chi connectivity index (χ0v) is 17.3. The van der Waals surface area contributed by atoms with Crippen LogP contribution in [0.1, 0.15) is 18.9 Å². The lowest BCUT2D eigenvalue weighted by Gasteiger charge is -2.24. The molecule has 2 amide bonds. The van der Waals surface area contributed by atoms with Crippen LogP contribution in [0.15, 0.2) is 41.7 Å². The molecule has 2 aliphatic heterocycles. The van der Waals surface area contributed by atoms with Crippen LogP contribution in [0.3, 0.4) is 0 Å². The predicted molar refractivity (Wildman–Crippen MR) is 109 cm³/mol. The molecular weight excluding hydrogens is 456 g/mol. The second-order valence-electron chi connectivity index (χ2n) is 7.38. The molecule has 0 bridgehead atoms. The van der Waals surface area contributed by atoms with Crippen LogP contribution < -0.4 is 21.1 Å². The molecule has 0 radical (unpaired) electrons. The number of hydrogen-bond donors (Lipinski definition) is 3. The molecule has 1 fully saturated rings. The Morgan fingerprint density at radius 2 is 2.06 bits per heavy atom. The number of alkyl halides is 3. The molecule has 3 heterocycles. The van der Waals surface area contributed by atoms with E-state index in [0.29, 0.717) is 24.0 Å². The van der Waals surface area contributed by atoms with Crippen molar-refractivity contribution in [2.24, 2.45) is 5.16 Å². The number of oxime groups is 1. The van der Waals surface area contributed by atoms with E-state index in [1.165, 1.54) is 29.3 Å². The van der Waals surface area contributed by atoms with Gasteiger partial charge < -0.3 is 15.5 Å². The number of aromatic nitrogens is 1. The van der Waals surface area contributed by atoms with Crippen LogP contribution in [0.2, 0.25) is 5.02 Å². The van der Waals surface area contributed by atoms with Gasteiger partial charge in [0, 0.05) is 12.6 Å². The van der Waals surface area contributed by atoms with Crippen molar-refractivity contribution in [2.75, 3.05) is 16.9 Å². The van der Waals surface area contributed by atoms with E-state index >= 15 is 0 Å². The zero-order chi connectivity index (χ0) is 23.1. The summed E-state index contributed by atoms with van der Waals surface area (Å²) in [6, 6.07) is 5.71. The highest BCUT2D eigenvalue weighted by Gasteiger charge is 2.46. The fourth-order valence-electron chi connectivity index (χ4n) is 3.25. The number of anilines is 2. The molecule has 8 nitrogen and oxygen atoms in total. The normalized spacial score (nSPS) is 23.1. The molecule has 0 unspecified atom stereocenters. The van der Waals surface area contributed by atoms with Crippen LogP contribution in [-0.4, -0.2) is 35.0 Å². The molecule has 2 aliphatic rings. The van der Waals surface area contributed by atoms with Gasteiger partial charge in [-0.2, -0.15) is 18.6 Å². The maximum absolute atomic E-state index is 13.2. The minimum Gasteiger partial charge on any atom is -0.390 e. The Hall–Kier alpha value is -3.12. The van der Waals surface area contributed by atoms with Gasteiger partial charge >= 0.3 is 12.2 Å². The van der Waals surface area contributed by atoms with Gasteiger partial charge in [0.15, 0.2) is 0 Å². The lowest BCUT2D eigenvalue weighted by Crippen LogP contribution is -2.55. The van der Waals surface area contributed by atoms with E-state index in [4.69, 9.17) is 16.4 Å². The minimum atomic E-state index is -4.54. The lowest BCUT2D eigenvalue weighted by molar-refractivity contribution is -0.137. The largest absolute Gasteiger partial charge is 0.417 e. The van der Waals surface area contributed by atoms with Crippen LogP contribution in [0.25, 0.3) is 0 Å². The van der Waals surface area contributed by atoms with E-state index in [0.717, 1.165) is 6.07 Å². The van der Waals surface area contributed by atoms with Gasteiger partial charge in [-0.05, 0) is 37.3 Å². The third kappa shape index (κ3) is 4.41. The average Bonchev–Trinajstić information content (AvgIpc) is 3.32. The van der Waals surface area contributed by atoms with Gasteiger partial charge in [0.2, 0.25) is 0 Å². The molecule has 1 aromatic heterocycles. The van der Waals surface area contributed by atoms with Crippen molar-refractivity contribution in [3.8, 4) is 0 Å². The average molecular weight is 473 g/mol. The smallest absolute Gasteiger partial charge is 0.390 e. The molecule has 0 aliphatic carbocycles. The lowest BCUT2D eigenvalue weighted by atomic mass is 10.0. The van der Waals surface area contributed by atoms with Gasteiger partial charge in [0.05, 0.1) is 22.8 Å². The van der Waals surface area contributed by atoms with Crippen molar-refractivity contribution in [3.63, 3.8) is 0 Å². The van der Waals surface area contributed by atoms with Gasteiger partial charge in [-0.15, -0.1) is 0 Å². The van der Waals surface area contributed by atoms with E-state index < -0.39 is 35.4 Å². The van der Waals surface area contributed by atoms with Crippen molar-refractivity contribution in [2.45, 2.75) is 31.3 Å². The molecule has 2 atom stereocenters. The van der Waals surface area contributed by atoms with Gasteiger partial charge in [0.25, 0.3) is 0 Å². The molecule has 0 saturated carbocycles. The second-order valence-corrected chi connectivity index (χ2v) is 7.79. The number of nitrogens with zero attached hydrogens (tertiary/aromatic N) is 3. The first-order chi connectivity index (χ1) is 15.0. The Balaban J connectivity index is 1.36. The maximum atomic E-state index is 13.2. The van der Waals surface area contributed by atoms with Gasteiger partial charge in [0.1, 0.15) is 29.1 Å². The summed E-state index contributed by atoms with van der Waals surface area (Å²) in [6.07, 6.45) is -4.01.